The van der Waals surface area contributed by atoms with Crippen molar-refractivity contribution in [2.24, 2.45) is 5.41 Å². The van der Waals surface area contributed by atoms with Crippen molar-refractivity contribution in [1.82, 2.24) is 15.1 Å². The van der Waals surface area contributed by atoms with Gasteiger partial charge in [-0.15, -0.1) is 0 Å². The average molecular weight is 296 g/mol. The van der Waals surface area contributed by atoms with E-state index >= 15 is 0 Å². The third kappa shape index (κ3) is 5.22. The summed E-state index contributed by atoms with van der Waals surface area (Å²) >= 11 is 0. The highest BCUT2D eigenvalue weighted by molar-refractivity contribution is 4.91. The molecule has 0 radical (unpaired) electrons. The van der Waals surface area contributed by atoms with Crippen LogP contribution in [0, 0.1) is 5.41 Å². The second kappa shape index (κ2) is 6.97. The van der Waals surface area contributed by atoms with E-state index in [2.05, 4.69) is 49.9 Å². The molecule has 0 aromatic rings. The number of nitrogens with zero attached hydrogens (tertiary/aromatic N) is 2. The molecule has 2 rings (SSSR count). The second-order valence-electron chi connectivity index (χ2n) is 8.73. The Bertz CT molecular complexity index is 315. The zero-order valence-electron chi connectivity index (χ0n) is 15.0. The molecule has 3 heteroatoms. The summed E-state index contributed by atoms with van der Waals surface area (Å²) in [7, 11) is 2.26. The minimum absolute atomic E-state index is 0.236. The minimum Gasteiger partial charge on any atom is -0.311 e. The topological polar surface area (TPSA) is 18.5 Å². The molecule has 1 aliphatic heterocycles. The molecule has 0 aromatic carbocycles. The predicted molar refractivity (Wildman–Crippen MR) is 91.8 cm³/mol. The van der Waals surface area contributed by atoms with Crippen LogP contribution in [-0.2, 0) is 0 Å². The molecule has 124 valence electrons. The summed E-state index contributed by atoms with van der Waals surface area (Å²) in [5, 5.41) is 3.80. The Labute approximate surface area is 132 Å². The fourth-order valence-electron chi connectivity index (χ4n) is 3.89. The molecule has 0 bridgehead atoms. The molecule has 1 unspecified atom stereocenters. The lowest BCUT2D eigenvalue weighted by atomic mass is 9.73. The quantitative estimate of drug-likeness (QED) is 0.860. The van der Waals surface area contributed by atoms with Gasteiger partial charge < -0.3 is 10.2 Å². The lowest BCUT2D eigenvalue weighted by Gasteiger charge is -2.46. The minimum atomic E-state index is 0.236. The van der Waals surface area contributed by atoms with E-state index in [1.807, 2.05) is 0 Å². The zero-order chi connectivity index (χ0) is 15.5. The molecule has 1 saturated carbocycles. The standard InChI is InChI=1S/C18H37N3/c1-16-13-21(12-11-20(16)5)15-18(9-7-6-8-10-18)14-19-17(2,3)4/h16,19H,6-15H2,1-5H3. The SMILES string of the molecule is CC1CN(CC2(CNC(C)(C)C)CCCCC2)CCN1C. The van der Waals surface area contributed by atoms with Gasteiger partial charge in [0.1, 0.15) is 0 Å². The van der Waals surface area contributed by atoms with Crippen molar-refractivity contribution < 1.29 is 0 Å². The Balaban J connectivity index is 1.95. The fraction of sp³-hybridized carbons (Fsp3) is 1.00. The van der Waals surface area contributed by atoms with E-state index in [0.29, 0.717) is 11.5 Å². The lowest BCUT2D eigenvalue weighted by Crippen LogP contribution is -2.55. The van der Waals surface area contributed by atoms with Crippen LogP contribution in [0.3, 0.4) is 0 Å². The molecule has 2 aliphatic rings. The van der Waals surface area contributed by atoms with Crippen molar-refractivity contribution in [3.63, 3.8) is 0 Å². The van der Waals surface area contributed by atoms with Crippen LogP contribution in [0.5, 0.6) is 0 Å². The van der Waals surface area contributed by atoms with E-state index in [1.54, 1.807) is 0 Å². The van der Waals surface area contributed by atoms with Crippen LogP contribution in [0.15, 0.2) is 0 Å². The third-order valence-corrected chi connectivity index (χ3v) is 5.51. The van der Waals surface area contributed by atoms with Crippen LogP contribution in [0.1, 0.15) is 59.8 Å². The molecule has 1 aliphatic carbocycles. The molecule has 1 heterocycles. The largest absolute Gasteiger partial charge is 0.311 e. The van der Waals surface area contributed by atoms with E-state index < -0.39 is 0 Å². The van der Waals surface area contributed by atoms with Crippen molar-refractivity contribution in [2.75, 3.05) is 39.8 Å². The number of likely N-dealkylation sites (N-methyl/N-ethyl adjacent to an activating group) is 1. The first kappa shape index (κ1) is 17.2. The summed E-state index contributed by atoms with van der Waals surface area (Å²) in [6.45, 7) is 15.5. The van der Waals surface area contributed by atoms with Crippen LogP contribution in [0.4, 0.5) is 0 Å². The molecule has 0 spiro atoms. The number of piperazine rings is 1. The van der Waals surface area contributed by atoms with Crippen molar-refractivity contribution in [3.8, 4) is 0 Å². The first-order valence-electron chi connectivity index (χ1n) is 8.97. The maximum atomic E-state index is 3.80. The summed E-state index contributed by atoms with van der Waals surface area (Å²) in [4.78, 5) is 5.23. The summed E-state index contributed by atoms with van der Waals surface area (Å²) in [5.41, 5.74) is 0.751. The van der Waals surface area contributed by atoms with Crippen molar-refractivity contribution in [2.45, 2.75) is 71.4 Å². The van der Waals surface area contributed by atoms with E-state index in [1.165, 1.54) is 64.8 Å². The first-order valence-corrected chi connectivity index (χ1v) is 8.97. The molecule has 3 nitrogen and oxygen atoms in total. The summed E-state index contributed by atoms with van der Waals surface area (Å²) in [6.07, 6.45) is 7.12. The third-order valence-electron chi connectivity index (χ3n) is 5.51. The lowest BCUT2D eigenvalue weighted by molar-refractivity contribution is 0.0437. The van der Waals surface area contributed by atoms with Crippen LogP contribution in [-0.4, -0.2) is 61.2 Å². The van der Waals surface area contributed by atoms with Gasteiger partial charge in [0.25, 0.3) is 0 Å². The number of hydrogen-bond acceptors (Lipinski definition) is 3. The molecule has 0 amide bonds. The fourth-order valence-corrected chi connectivity index (χ4v) is 3.89. The van der Waals surface area contributed by atoms with Crippen LogP contribution >= 0.6 is 0 Å². The Hall–Kier alpha value is -0.120. The molecule has 21 heavy (non-hydrogen) atoms. The highest BCUT2D eigenvalue weighted by atomic mass is 15.3. The normalized spacial score (nSPS) is 28.7. The maximum absolute atomic E-state index is 3.80. The number of nitrogens with one attached hydrogen (secondary N) is 1. The predicted octanol–water partition coefficient (Wildman–Crippen LogP) is 2.96. The van der Waals surface area contributed by atoms with Gasteiger partial charge in [-0.1, -0.05) is 19.3 Å². The summed E-state index contributed by atoms with van der Waals surface area (Å²) in [5.74, 6) is 0. The number of hydrogen-bond donors (Lipinski definition) is 1. The second-order valence-corrected chi connectivity index (χ2v) is 8.73. The highest BCUT2D eigenvalue weighted by Crippen LogP contribution is 2.37. The Kier molecular flexibility index (Phi) is 5.72. The first-order chi connectivity index (χ1) is 9.80. The van der Waals surface area contributed by atoms with Gasteiger partial charge in [0.15, 0.2) is 0 Å². The molecule has 0 aromatic heterocycles. The monoisotopic (exact) mass is 295 g/mol. The highest BCUT2D eigenvalue weighted by Gasteiger charge is 2.36. The van der Waals surface area contributed by atoms with Gasteiger partial charge in [0, 0.05) is 44.3 Å². The Morgan fingerprint density at radius 2 is 1.76 bits per heavy atom. The van der Waals surface area contributed by atoms with Gasteiger partial charge >= 0.3 is 0 Å². The zero-order valence-corrected chi connectivity index (χ0v) is 15.0. The van der Waals surface area contributed by atoms with Crippen molar-refractivity contribution >= 4 is 0 Å². The summed E-state index contributed by atoms with van der Waals surface area (Å²) in [6, 6.07) is 0.704. The van der Waals surface area contributed by atoms with E-state index in [-0.39, 0.29) is 5.54 Å². The summed E-state index contributed by atoms with van der Waals surface area (Å²) < 4.78 is 0. The Morgan fingerprint density at radius 1 is 1.10 bits per heavy atom. The van der Waals surface area contributed by atoms with Gasteiger partial charge in [-0.05, 0) is 53.0 Å². The molecular formula is C18H37N3. The van der Waals surface area contributed by atoms with Crippen LogP contribution in [0.25, 0.3) is 0 Å². The van der Waals surface area contributed by atoms with Gasteiger partial charge in [0.2, 0.25) is 0 Å². The van der Waals surface area contributed by atoms with E-state index in [0.717, 1.165) is 0 Å². The Morgan fingerprint density at radius 3 is 2.33 bits per heavy atom. The van der Waals surface area contributed by atoms with Crippen molar-refractivity contribution in [1.29, 1.82) is 0 Å². The van der Waals surface area contributed by atoms with Crippen LogP contribution < -0.4 is 5.32 Å². The van der Waals surface area contributed by atoms with Gasteiger partial charge in [-0.3, -0.25) is 4.90 Å². The van der Waals surface area contributed by atoms with Crippen molar-refractivity contribution in [3.05, 3.63) is 0 Å². The average Bonchev–Trinajstić information content (AvgIpc) is 2.41. The molecule has 1 atom stereocenters. The van der Waals surface area contributed by atoms with Gasteiger partial charge in [0.05, 0.1) is 0 Å². The van der Waals surface area contributed by atoms with Gasteiger partial charge in [-0.25, -0.2) is 0 Å². The molecule has 1 saturated heterocycles. The smallest absolute Gasteiger partial charge is 0.0192 e. The molecular weight excluding hydrogens is 258 g/mol. The number of rotatable bonds is 4. The van der Waals surface area contributed by atoms with Gasteiger partial charge in [-0.2, -0.15) is 0 Å². The maximum Gasteiger partial charge on any atom is 0.0192 e. The van der Waals surface area contributed by atoms with E-state index in [4.69, 9.17) is 0 Å². The molecule has 2 fully saturated rings. The molecule has 1 N–H and O–H groups in total. The van der Waals surface area contributed by atoms with Crippen LogP contribution in [0.2, 0.25) is 0 Å². The van der Waals surface area contributed by atoms with E-state index in [9.17, 15) is 0 Å².